The Hall–Kier alpha value is -1.62. The zero-order chi connectivity index (χ0) is 13.8. The number of nitrogens with zero attached hydrogens (tertiary/aromatic N) is 4. The third-order valence-electron chi connectivity index (χ3n) is 4.00. The highest BCUT2D eigenvalue weighted by Gasteiger charge is 2.18. The summed E-state index contributed by atoms with van der Waals surface area (Å²) in [5.74, 6) is 1.86. The monoisotopic (exact) mass is 273 g/mol. The van der Waals surface area contributed by atoms with E-state index in [4.69, 9.17) is 4.98 Å². The molecule has 3 rings (SSSR count). The molecule has 0 saturated carbocycles. The zero-order valence-corrected chi connectivity index (χ0v) is 12.1. The fraction of sp³-hybridized carbons (Fsp3) is 0.600. The maximum Gasteiger partial charge on any atom is 0.157 e. The van der Waals surface area contributed by atoms with E-state index in [0.717, 1.165) is 50.0 Å². The smallest absolute Gasteiger partial charge is 0.157 e. The second-order valence-corrected chi connectivity index (χ2v) is 5.56. The van der Waals surface area contributed by atoms with Crippen LogP contribution in [0.1, 0.15) is 26.2 Å². The number of piperidine rings is 1. The molecule has 108 valence electrons. The molecule has 0 atom stereocenters. The van der Waals surface area contributed by atoms with Crippen molar-refractivity contribution >= 4 is 11.5 Å². The van der Waals surface area contributed by atoms with E-state index in [2.05, 4.69) is 28.3 Å². The lowest BCUT2D eigenvalue weighted by molar-refractivity contribution is 0.372. The summed E-state index contributed by atoms with van der Waals surface area (Å²) in [6.45, 7) is 6.72. The molecule has 5 heteroatoms. The highest BCUT2D eigenvalue weighted by molar-refractivity contribution is 5.47. The number of rotatable bonds is 5. The molecule has 0 bridgehead atoms. The maximum absolute atomic E-state index is 4.73. The van der Waals surface area contributed by atoms with Crippen molar-refractivity contribution in [2.75, 3.05) is 31.1 Å². The maximum atomic E-state index is 4.73. The van der Waals surface area contributed by atoms with Crippen LogP contribution in [0.15, 0.2) is 24.5 Å². The van der Waals surface area contributed by atoms with Crippen LogP contribution in [-0.2, 0) is 0 Å². The fourth-order valence-corrected chi connectivity index (χ4v) is 2.92. The van der Waals surface area contributed by atoms with Crippen LogP contribution >= 0.6 is 0 Å². The van der Waals surface area contributed by atoms with Crippen LogP contribution in [0.4, 0.5) is 5.82 Å². The summed E-state index contributed by atoms with van der Waals surface area (Å²) >= 11 is 0. The first-order valence-corrected chi connectivity index (χ1v) is 7.63. The molecule has 20 heavy (non-hydrogen) atoms. The average molecular weight is 273 g/mol. The van der Waals surface area contributed by atoms with Crippen molar-refractivity contribution in [2.45, 2.75) is 26.2 Å². The summed E-state index contributed by atoms with van der Waals surface area (Å²) in [7, 11) is 0. The zero-order valence-electron chi connectivity index (χ0n) is 12.1. The van der Waals surface area contributed by atoms with Crippen molar-refractivity contribution in [1.29, 1.82) is 0 Å². The molecule has 0 unspecified atom stereocenters. The summed E-state index contributed by atoms with van der Waals surface area (Å²) < 4.78 is 1.82. The number of fused-ring (bicyclic) bond motifs is 1. The first kappa shape index (κ1) is 13.4. The summed E-state index contributed by atoms with van der Waals surface area (Å²) in [4.78, 5) is 7.16. The van der Waals surface area contributed by atoms with E-state index >= 15 is 0 Å². The number of hydrogen-bond donors (Lipinski definition) is 1. The van der Waals surface area contributed by atoms with Gasteiger partial charge in [0, 0.05) is 25.4 Å². The molecule has 0 amide bonds. The highest BCUT2D eigenvalue weighted by atomic mass is 15.3. The summed E-state index contributed by atoms with van der Waals surface area (Å²) in [5.41, 5.74) is 0.925. The van der Waals surface area contributed by atoms with Gasteiger partial charge >= 0.3 is 0 Å². The third-order valence-corrected chi connectivity index (χ3v) is 4.00. The minimum absolute atomic E-state index is 0.783. The van der Waals surface area contributed by atoms with Gasteiger partial charge in [-0.1, -0.05) is 6.92 Å². The van der Waals surface area contributed by atoms with Crippen LogP contribution in [0.5, 0.6) is 0 Å². The van der Waals surface area contributed by atoms with Gasteiger partial charge in [-0.3, -0.25) is 0 Å². The van der Waals surface area contributed by atoms with Gasteiger partial charge in [-0.2, -0.15) is 5.10 Å². The van der Waals surface area contributed by atoms with Crippen molar-refractivity contribution in [3.63, 3.8) is 0 Å². The number of aromatic nitrogens is 3. The number of nitrogens with one attached hydrogen (secondary N) is 1. The Bertz CT molecular complexity index is 544. The summed E-state index contributed by atoms with van der Waals surface area (Å²) in [5, 5.41) is 7.64. The minimum atomic E-state index is 0.783. The predicted molar refractivity (Wildman–Crippen MR) is 81.1 cm³/mol. The molecule has 0 aliphatic carbocycles. The van der Waals surface area contributed by atoms with Gasteiger partial charge in [-0.15, -0.1) is 0 Å². The molecular weight excluding hydrogens is 250 g/mol. The standard InChI is InChI=1S/C15H23N5/c1-2-10-19(12-13-3-7-16-8-4-13)14-6-11-20-15(18-14)5-9-17-20/h5-6,9,11,13,16H,2-4,7-8,10,12H2,1H3. The van der Waals surface area contributed by atoms with Gasteiger partial charge in [0.2, 0.25) is 0 Å². The molecule has 2 aromatic rings. The lowest BCUT2D eigenvalue weighted by Crippen LogP contribution is -2.37. The van der Waals surface area contributed by atoms with Gasteiger partial charge in [-0.05, 0) is 44.3 Å². The van der Waals surface area contributed by atoms with Crippen molar-refractivity contribution in [1.82, 2.24) is 19.9 Å². The van der Waals surface area contributed by atoms with Gasteiger partial charge in [0.15, 0.2) is 5.65 Å². The minimum Gasteiger partial charge on any atom is -0.356 e. The Balaban J connectivity index is 1.77. The van der Waals surface area contributed by atoms with Gasteiger partial charge in [0.05, 0.1) is 6.20 Å². The van der Waals surface area contributed by atoms with Gasteiger partial charge in [-0.25, -0.2) is 9.50 Å². The lowest BCUT2D eigenvalue weighted by Gasteiger charge is -2.30. The molecular formula is C15H23N5. The molecule has 2 aromatic heterocycles. The van der Waals surface area contributed by atoms with E-state index in [-0.39, 0.29) is 0 Å². The van der Waals surface area contributed by atoms with E-state index in [1.807, 2.05) is 16.8 Å². The van der Waals surface area contributed by atoms with Crippen LogP contribution in [0.2, 0.25) is 0 Å². The second-order valence-electron chi connectivity index (χ2n) is 5.56. The fourth-order valence-electron chi connectivity index (χ4n) is 2.92. The molecule has 1 saturated heterocycles. The van der Waals surface area contributed by atoms with Gasteiger partial charge in [0.25, 0.3) is 0 Å². The molecule has 3 heterocycles. The Kier molecular flexibility index (Phi) is 4.16. The van der Waals surface area contributed by atoms with E-state index in [9.17, 15) is 0 Å². The molecule has 1 fully saturated rings. The first-order chi connectivity index (χ1) is 9.86. The average Bonchev–Trinajstić information content (AvgIpc) is 2.95. The molecule has 1 aliphatic rings. The van der Waals surface area contributed by atoms with Crippen LogP contribution in [-0.4, -0.2) is 40.8 Å². The van der Waals surface area contributed by atoms with E-state index < -0.39 is 0 Å². The molecule has 5 nitrogen and oxygen atoms in total. The quantitative estimate of drug-likeness (QED) is 0.904. The van der Waals surface area contributed by atoms with E-state index in [1.54, 1.807) is 6.20 Å². The second kappa shape index (κ2) is 6.22. The highest BCUT2D eigenvalue weighted by Crippen LogP contribution is 2.19. The van der Waals surface area contributed by atoms with Crippen LogP contribution in [0.3, 0.4) is 0 Å². The van der Waals surface area contributed by atoms with Crippen LogP contribution in [0.25, 0.3) is 5.65 Å². The van der Waals surface area contributed by atoms with E-state index in [0.29, 0.717) is 0 Å². The predicted octanol–water partition coefficient (Wildman–Crippen LogP) is 1.95. The van der Waals surface area contributed by atoms with E-state index in [1.165, 1.54) is 12.8 Å². The Morgan fingerprint density at radius 2 is 2.20 bits per heavy atom. The molecule has 1 aliphatic heterocycles. The molecule has 0 radical (unpaired) electrons. The van der Waals surface area contributed by atoms with Crippen molar-refractivity contribution in [2.24, 2.45) is 5.92 Å². The van der Waals surface area contributed by atoms with Gasteiger partial charge in [0.1, 0.15) is 5.82 Å². The molecule has 0 aromatic carbocycles. The normalized spacial score (nSPS) is 16.6. The summed E-state index contributed by atoms with van der Waals surface area (Å²) in [6, 6.07) is 4.04. The Morgan fingerprint density at radius 1 is 1.35 bits per heavy atom. The van der Waals surface area contributed by atoms with Crippen LogP contribution < -0.4 is 10.2 Å². The van der Waals surface area contributed by atoms with Crippen molar-refractivity contribution in [3.8, 4) is 0 Å². The summed E-state index contributed by atoms with van der Waals surface area (Å²) in [6.07, 6.45) is 7.49. The first-order valence-electron chi connectivity index (χ1n) is 7.63. The van der Waals surface area contributed by atoms with Crippen molar-refractivity contribution < 1.29 is 0 Å². The molecule has 1 N–H and O–H groups in total. The number of hydrogen-bond acceptors (Lipinski definition) is 4. The van der Waals surface area contributed by atoms with Gasteiger partial charge < -0.3 is 10.2 Å². The lowest BCUT2D eigenvalue weighted by atomic mass is 9.97. The Morgan fingerprint density at radius 3 is 3.00 bits per heavy atom. The topological polar surface area (TPSA) is 45.5 Å². The SMILES string of the molecule is CCCN(CC1CCNCC1)c1ccn2nccc2n1. The Labute approximate surface area is 120 Å². The third kappa shape index (κ3) is 2.93. The number of anilines is 1. The van der Waals surface area contributed by atoms with Crippen molar-refractivity contribution in [3.05, 3.63) is 24.5 Å². The van der Waals surface area contributed by atoms with Crippen LogP contribution in [0, 0.1) is 5.92 Å². The molecule has 0 spiro atoms. The largest absolute Gasteiger partial charge is 0.356 e.